The molecule has 20 heavy (non-hydrogen) atoms. The van der Waals surface area contributed by atoms with Crippen molar-refractivity contribution < 1.29 is 13.5 Å². The predicted octanol–water partition coefficient (Wildman–Crippen LogP) is 1.67. The molecule has 2 rings (SSSR count). The monoisotopic (exact) mass is 315 g/mol. The third-order valence-corrected chi connectivity index (χ3v) is 6.47. The Balaban J connectivity index is 2.13. The zero-order chi connectivity index (χ0) is 14.8. The van der Waals surface area contributed by atoms with Gasteiger partial charge in [-0.05, 0) is 55.7 Å². The van der Waals surface area contributed by atoms with Crippen LogP contribution in [0.2, 0.25) is 0 Å². The fourth-order valence-electron chi connectivity index (χ4n) is 2.62. The van der Waals surface area contributed by atoms with Crippen molar-refractivity contribution in [1.82, 2.24) is 0 Å². The molecule has 0 amide bonds. The van der Waals surface area contributed by atoms with E-state index in [-0.39, 0.29) is 17.7 Å². The molecule has 1 aliphatic carbocycles. The third kappa shape index (κ3) is 3.75. The molecular weight excluding hydrogens is 294 g/mol. The molecular formula is C14H21NO3S2. The van der Waals surface area contributed by atoms with Gasteiger partial charge in [0.05, 0.1) is 16.8 Å². The maximum atomic E-state index is 12.4. The molecule has 1 aliphatic rings. The number of aliphatic hydroxyl groups is 1. The molecule has 3 atom stereocenters. The van der Waals surface area contributed by atoms with Gasteiger partial charge in [-0.15, -0.1) is 11.8 Å². The van der Waals surface area contributed by atoms with Gasteiger partial charge in [0.25, 0.3) is 0 Å². The van der Waals surface area contributed by atoms with Crippen LogP contribution in [0, 0.1) is 5.92 Å². The van der Waals surface area contributed by atoms with Gasteiger partial charge in [0, 0.05) is 10.9 Å². The topological polar surface area (TPSA) is 80.4 Å². The van der Waals surface area contributed by atoms with E-state index in [0.29, 0.717) is 24.2 Å². The van der Waals surface area contributed by atoms with E-state index < -0.39 is 15.9 Å². The molecule has 0 aliphatic heterocycles. The summed E-state index contributed by atoms with van der Waals surface area (Å²) in [6.45, 7) is 0. The summed E-state index contributed by atoms with van der Waals surface area (Å²) in [5.41, 5.74) is 5.99. The number of aliphatic hydroxyl groups excluding tert-OH is 1. The summed E-state index contributed by atoms with van der Waals surface area (Å²) in [5, 5.41) is 9.68. The van der Waals surface area contributed by atoms with Crippen LogP contribution >= 0.6 is 11.8 Å². The van der Waals surface area contributed by atoms with Crippen LogP contribution < -0.4 is 5.73 Å². The van der Waals surface area contributed by atoms with Crippen molar-refractivity contribution in [2.45, 2.75) is 41.2 Å². The first-order valence-electron chi connectivity index (χ1n) is 6.73. The molecule has 1 saturated carbocycles. The molecule has 0 spiro atoms. The fraction of sp³-hybridized carbons (Fsp3) is 0.571. The highest BCUT2D eigenvalue weighted by atomic mass is 32.2. The molecule has 1 aromatic carbocycles. The molecule has 0 bridgehead atoms. The second kappa shape index (κ2) is 6.47. The van der Waals surface area contributed by atoms with E-state index in [1.165, 1.54) is 0 Å². The number of sulfone groups is 1. The van der Waals surface area contributed by atoms with Crippen molar-refractivity contribution in [3.63, 3.8) is 0 Å². The van der Waals surface area contributed by atoms with Crippen molar-refractivity contribution in [3.8, 4) is 0 Å². The largest absolute Gasteiger partial charge is 0.393 e. The Labute approximate surface area is 124 Å². The minimum Gasteiger partial charge on any atom is -0.393 e. The number of hydrogen-bond acceptors (Lipinski definition) is 5. The lowest BCUT2D eigenvalue weighted by Gasteiger charge is -2.31. The van der Waals surface area contributed by atoms with E-state index in [1.807, 2.05) is 18.4 Å². The molecule has 4 nitrogen and oxygen atoms in total. The first kappa shape index (κ1) is 15.8. The van der Waals surface area contributed by atoms with Gasteiger partial charge >= 0.3 is 0 Å². The number of nitrogens with two attached hydrogens (primary N) is 1. The summed E-state index contributed by atoms with van der Waals surface area (Å²) >= 11 is 1.58. The Kier molecular flexibility index (Phi) is 5.12. The second-order valence-electron chi connectivity index (χ2n) is 5.35. The Morgan fingerprint density at radius 2 is 1.95 bits per heavy atom. The zero-order valence-electron chi connectivity index (χ0n) is 11.5. The highest BCUT2D eigenvalue weighted by molar-refractivity contribution is 7.98. The van der Waals surface area contributed by atoms with Crippen LogP contribution in [-0.2, 0) is 9.84 Å². The number of benzene rings is 1. The minimum absolute atomic E-state index is 0.0177. The molecule has 2 unspecified atom stereocenters. The van der Waals surface area contributed by atoms with Crippen LogP contribution in [-0.4, -0.2) is 37.7 Å². The summed E-state index contributed by atoms with van der Waals surface area (Å²) in [7, 11) is -3.34. The summed E-state index contributed by atoms with van der Waals surface area (Å²) in [6.07, 6.45) is 3.36. The van der Waals surface area contributed by atoms with Gasteiger partial charge in [0.15, 0.2) is 9.84 Å². The van der Waals surface area contributed by atoms with Crippen LogP contribution in [0.25, 0.3) is 0 Å². The molecule has 0 heterocycles. The van der Waals surface area contributed by atoms with Gasteiger partial charge < -0.3 is 10.8 Å². The molecule has 6 heteroatoms. The molecule has 1 aromatic rings. The molecule has 0 aromatic heterocycles. The minimum atomic E-state index is -3.34. The summed E-state index contributed by atoms with van der Waals surface area (Å²) < 4.78 is 24.8. The number of hydrogen-bond donors (Lipinski definition) is 2. The zero-order valence-corrected chi connectivity index (χ0v) is 13.2. The first-order chi connectivity index (χ1) is 9.42. The molecule has 112 valence electrons. The van der Waals surface area contributed by atoms with E-state index in [2.05, 4.69) is 0 Å². The average Bonchev–Trinajstić information content (AvgIpc) is 2.43. The van der Waals surface area contributed by atoms with Gasteiger partial charge in [0.2, 0.25) is 0 Å². The normalized spacial score (nSPS) is 27.4. The quantitative estimate of drug-likeness (QED) is 0.826. The molecule has 1 fully saturated rings. The van der Waals surface area contributed by atoms with Gasteiger partial charge in [-0.25, -0.2) is 8.42 Å². The van der Waals surface area contributed by atoms with Crippen LogP contribution in [0.4, 0.5) is 0 Å². The Morgan fingerprint density at radius 3 is 2.55 bits per heavy atom. The van der Waals surface area contributed by atoms with E-state index in [9.17, 15) is 13.5 Å². The Hall–Kier alpha value is -0.560. The first-order valence-corrected chi connectivity index (χ1v) is 9.60. The van der Waals surface area contributed by atoms with Crippen LogP contribution in [0.3, 0.4) is 0 Å². The van der Waals surface area contributed by atoms with Crippen molar-refractivity contribution in [3.05, 3.63) is 24.3 Å². The van der Waals surface area contributed by atoms with E-state index >= 15 is 0 Å². The summed E-state index contributed by atoms with van der Waals surface area (Å²) in [5.74, 6) is -0.145. The van der Waals surface area contributed by atoms with Gasteiger partial charge in [0.1, 0.15) is 0 Å². The van der Waals surface area contributed by atoms with Crippen LogP contribution in [0.1, 0.15) is 19.3 Å². The third-order valence-electron chi connectivity index (χ3n) is 3.87. The van der Waals surface area contributed by atoms with Gasteiger partial charge in [-0.3, -0.25) is 0 Å². The predicted molar refractivity (Wildman–Crippen MR) is 81.6 cm³/mol. The highest BCUT2D eigenvalue weighted by Gasteiger charge is 2.31. The van der Waals surface area contributed by atoms with E-state index in [4.69, 9.17) is 5.73 Å². The van der Waals surface area contributed by atoms with Crippen LogP contribution in [0.15, 0.2) is 34.1 Å². The van der Waals surface area contributed by atoms with E-state index in [1.54, 1.807) is 23.9 Å². The molecule has 0 radical (unpaired) electrons. The van der Waals surface area contributed by atoms with Crippen LogP contribution in [0.5, 0.6) is 0 Å². The van der Waals surface area contributed by atoms with Crippen molar-refractivity contribution >= 4 is 21.6 Å². The molecule has 0 saturated heterocycles. The smallest absolute Gasteiger partial charge is 0.178 e. The van der Waals surface area contributed by atoms with Crippen molar-refractivity contribution in [2.75, 3.05) is 12.0 Å². The van der Waals surface area contributed by atoms with Gasteiger partial charge in [-0.2, -0.15) is 0 Å². The van der Waals surface area contributed by atoms with Crippen molar-refractivity contribution in [2.24, 2.45) is 11.7 Å². The maximum Gasteiger partial charge on any atom is 0.178 e. The lowest BCUT2D eigenvalue weighted by atomic mass is 9.85. The van der Waals surface area contributed by atoms with Crippen molar-refractivity contribution in [1.29, 1.82) is 0 Å². The lowest BCUT2D eigenvalue weighted by molar-refractivity contribution is 0.0969. The summed E-state index contributed by atoms with van der Waals surface area (Å²) in [4.78, 5) is 1.37. The average molecular weight is 315 g/mol. The standard InChI is InChI=1S/C14H21NO3S2/c1-19-12-3-5-13(6-4-12)20(17,18)9-10-8-11(16)2-7-14(10)15/h3-6,10-11,14,16H,2,7-9,15H2,1H3/t10?,11-,14?/m0/s1. The Morgan fingerprint density at radius 1 is 1.30 bits per heavy atom. The molecule has 3 N–H and O–H groups in total. The summed E-state index contributed by atoms with van der Waals surface area (Å²) in [6, 6.07) is 6.77. The van der Waals surface area contributed by atoms with Gasteiger partial charge in [-0.1, -0.05) is 0 Å². The highest BCUT2D eigenvalue weighted by Crippen LogP contribution is 2.27. The fourth-order valence-corrected chi connectivity index (χ4v) is 4.71. The maximum absolute atomic E-state index is 12.4. The van der Waals surface area contributed by atoms with E-state index in [0.717, 1.165) is 4.90 Å². The SMILES string of the molecule is CSc1ccc(S(=O)(=O)CC2C[C@@H](O)CCC2N)cc1. The Bertz CT molecular complexity index is 542. The number of thioether (sulfide) groups is 1. The number of rotatable bonds is 4. The lowest BCUT2D eigenvalue weighted by Crippen LogP contribution is -2.41. The second-order valence-corrected chi connectivity index (χ2v) is 8.26.